The molecule has 0 aliphatic rings. The van der Waals surface area contributed by atoms with Crippen molar-refractivity contribution >= 4 is 29.2 Å². The van der Waals surface area contributed by atoms with Crippen molar-refractivity contribution in [3.8, 4) is 0 Å². The summed E-state index contributed by atoms with van der Waals surface area (Å²) in [5.74, 6) is -0.357. The molecule has 0 aliphatic carbocycles. The van der Waals surface area contributed by atoms with E-state index in [0.717, 1.165) is 0 Å². The van der Waals surface area contributed by atoms with Gasteiger partial charge in [0, 0.05) is 0 Å². The predicted molar refractivity (Wildman–Crippen MR) is 54.6 cm³/mol. The van der Waals surface area contributed by atoms with Gasteiger partial charge < -0.3 is 4.74 Å². The largest absolute Gasteiger partial charge is 0.466 e. The zero-order valence-corrected chi connectivity index (χ0v) is 9.10. The maximum atomic E-state index is 11.1. The van der Waals surface area contributed by atoms with Crippen LogP contribution in [-0.4, -0.2) is 17.6 Å². The van der Waals surface area contributed by atoms with Crippen LogP contribution in [-0.2, 0) is 16.0 Å². The standard InChI is InChI=1S/C9H9Cl2NO2/c1-2-14-9(13)5-7-6(10)3-4-8(11)12-7/h3-4H,2,5H2,1H3. The first-order chi connectivity index (χ1) is 6.63. The summed E-state index contributed by atoms with van der Waals surface area (Å²) in [6.07, 6.45) is 0.0488. The number of nitrogens with zero attached hydrogens (tertiary/aromatic N) is 1. The maximum Gasteiger partial charge on any atom is 0.311 e. The number of hydrogen-bond donors (Lipinski definition) is 0. The summed E-state index contributed by atoms with van der Waals surface area (Å²) >= 11 is 11.5. The molecule has 0 N–H and O–H groups in total. The highest BCUT2D eigenvalue weighted by Gasteiger charge is 2.09. The third-order valence-corrected chi connectivity index (χ3v) is 2.06. The Bertz CT molecular complexity index is 342. The lowest BCUT2D eigenvalue weighted by Crippen LogP contribution is -2.09. The van der Waals surface area contributed by atoms with Gasteiger partial charge in [0.15, 0.2) is 0 Å². The predicted octanol–water partition coefficient (Wildman–Crippen LogP) is 2.49. The molecule has 0 unspecified atom stereocenters. The molecule has 1 aromatic rings. The molecular weight excluding hydrogens is 225 g/mol. The molecule has 0 saturated carbocycles. The monoisotopic (exact) mass is 233 g/mol. The molecule has 0 aromatic carbocycles. The van der Waals surface area contributed by atoms with E-state index < -0.39 is 0 Å². The van der Waals surface area contributed by atoms with Gasteiger partial charge in [0.25, 0.3) is 0 Å². The lowest BCUT2D eigenvalue weighted by Gasteiger charge is -2.03. The zero-order chi connectivity index (χ0) is 10.6. The fraction of sp³-hybridized carbons (Fsp3) is 0.333. The molecule has 0 amide bonds. The Kier molecular flexibility index (Phi) is 4.17. The van der Waals surface area contributed by atoms with E-state index in [1.165, 1.54) is 0 Å². The molecule has 14 heavy (non-hydrogen) atoms. The molecule has 1 rings (SSSR count). The lowest BCUT2D eigenvalue weighted by molar-refractivity contribution is -0.142. The van der Waals surface area contributed by atoms with Crippen LogP contribution in [0, 0.1) is 0 Å². The highest BCUT2D eigenvalue weighted by atomic mass is 35.5. The molecule has 5 heteroatoms. The average Bonchev–Trinajstić information content (AvgIpc) is 2.12. The Morgan fingerprint density at radius 2 is 2.21 bits per heavy atom. The van der Waals surface area contributed by atoms with Gasteiger partial charge in [-0.25, -0.2) is 4.98 Å². The van der Waals surface area contributed by atoms with Gasteiger partial charge in [-0.3, -0.25) is 4.79 Å². The maximum absolute atomic E-state index is 11.1. The van der Waals surface area contributed by atoms with E-state index in [4.69, 9.17) is 27.9 Å². The topological polar surface area (TPSA) is 39.2 Å². The number of esters is 1. The second kappa shape index (κ2) is 5.17. The highest BCUT2D eigenvalue weighted by Crippen LogP contribution is 2.17. The van der Waals surface area contributed by atoms with Crippen LogP contribution in [0.4, 0.5) is 0 Å². The van der Waals surface area contributed by atoms with E-state index in [2.05, 4.69) is 4.98 Å². The smallest absolute Gasteiger partial charge is 0.311 e. The molecule has 1 heterocycles. The van der Waals surface area contributed by atoms with Crippen molar-refractivity contribution in [1.82, 2.24) is 4.98 Å². The van der Waals surface area contributed by atoms with Crippen molar-refractivity contribution in [1.29, 1.82) is 0 Å². The van der Waals surface area contributed by atoms with Crippen molar-refractivity contribution in [2.24, 2.45) is 0 Å². The molecule has 0 bridgehead atoms. The Labute approximate surface area is 92.0 Å². The lowest BCUT2D eigenvalue weighted by atomic mass is 10.3. The number of pyridine rings is 1. The summed E-state index contributed by atoms with van der Waals surface area (Å²) < 4.78 is 4.76. The van der Waals surface area contributed by atoms with Crippen molar-refractivity contribution in [3.63, 3.8) is 0 Å². The molecule has 0 spiro atoms. The van der Waals surface area contributed by atoms with Crippen LogP contribution in [0.2, 0.25) is 10.2 Å². The third kappa shape index (κ3) is 3.16. The van der Waals surface area contributed by atoms with Gasteiger partial charge in [0.2, 0.25) is 0 Å². The van der Waals surface area contributed by atoms with Crippen LogP contribution in [0.3, 0.4) is 0 Å². The van der Waals surface area contributed by atoms with Gasteiger partial charge in [-0.2, -0.15) is 0 Å². The van der Waals surface area contributed by atoms with Crippen LogP contribution in [0.15, 0.2) is 12.1 Å². The fourth-order valence-electron chi connectivity index (χ4n) is 0.930. The van der Waals surface area contributed by atoms with Gasteiger partial charge in [0.1, 0.15) is 5.15 Å². The summed E-state index contributed by atoms with van der Waals surface area (Å²) in [7, 11) is 0. The van der Waals surface area contributed by atoms with Gasteiger partial charge in [-0.15, -0.1) is 0 Å². The van der Waals surface area contributed by atoms with E-state index in [9.17, 15) is 4.79 Å². The molecule has 76 valence electrons. The minimum Gasteiger partial charge on any atom is -0.466 e. The molecule has 0 fully saturated rings. The summed E-state index contributed by atoms with van der Waals surface area (Å²) in [6.45, 7) is 2.09. The first-order valence-electron chi connectivity index (χ1n) is 4.10. The Balaban J connectivity index is 2.75. The van der Waals surface area contributed by atoms with Crippen LogP contribution in [0.5, 0.6) is 0 Å². The van der Waals surface area contributed by atoms with Gasteiger partial charge >= 0.3 is 5.97 Å². The summed E-state index contributed by atoms with van der Waals surface area (Å²) in [6, 6.07) is 3.17. The second-order valence-corrected chi connectivity index (χ2v) is 3.34. The second-order valence-electron chi connectivity index (χ2n) is 2.54. The quantitative estimate of drug-likeness (QED) is 0.595. The van der Waals surface area contributed by atoms with Crippen molar-refractivity contribution < 1.29 is 9.53 Å². The Morgan fingerprint density at radius 3 is 2.86 bits per heavy atom. The molecule has 0 saturated heterocycles. The van der Waals surface area contributed by atoms with Crippen LogP contribution in [0.1, 0.15) is 12.6 Å². The molecular formula is C9H9Cl2NO2. The van der Waals surface area contributed by atoms with Crippen molar-refractivity contribution in [2.75, 3.05) is 6.61 Å². The Morgan fingerprint density at radius 1 is 1.50 bits per heavy atom. The minimum absolute atomic E-state index is 0.0488. The van der Waals surface area contributed by atoms with E-state index in [1.807, 2.05) is 0 Å². The van der Waals surface area contributed by atoms with Gasteiger partial charge in [0.05, 0.1) is 23.7 Å². The summed E-state index contributed by atoms with van der Waals surface area (Å²) in [4.78, 5) is 15.0. The van der Waals surface area contributed by atoms with E-state index in [0.29, 0.717) is 22.5 Å². The average molecular weight is 234 g/mol. The highest BCUT2D eigenvalue weighted by molar-refractivity contribution is 6.32. The summed E-state index contributed by atoms with van der Waals surface area (Å²) in [5.41, 5.74) is 0.442. The van der Waals surface area contributed by atoms with E-state index >= 15 is 0 Å². The van der Waals surface area contributed by atoms with Crippen molar-refractivity contribution in [2.45, 2.75) is 13.3 Å². The first kappa shape index (κ1) is 11.3. The summed E-state index contributed by atoms with van der Waals surface area (Å²) in [5, 5.41) is 0.733. The number of aromatic nitrogens is 1. The fourth-order valence-corrected chi connectivity index (χ4v) is 1.27. The number of hydrogen-bond acceptors (Lipinski definition) is 3. The molecule has 0 atom stereocenters. The first-order valence-corrected chi connectivity index (χ1v) is 4.85. The molecule has 3 nitrogen and oxygen atoms in total. The van der Waals surface area contributed by atoms with Crippen molar-refractivity contribution in [3.05, 3.63) is 28.0 Å². The number of carbonyl (C=O) groups excluding carboxylic acids is 1. The number of ether oxygens (including phenoxy) is 1. The molecule has 0 radical (unpaired) electrons. The molecule has 1 aromatic heterocycles. The van der Waals surface area contributed by atoms with E-state index in [-0.39, 0.29) is 12.4 Å². The number of halogens is 2. The zero-order valence-electron chi connectivity index (χ0n) is 7.59. The van der Waals surface area contributed by atoms with Crippen LogP contribution < -0.4 is 0 Å². The normalized spacial score (nSPS) is 9.93. The number of rotatable bonds is 3. The van der Waals surface area contributed by atoms with E-state index in [1.54, 1.807) is 19.1 Å². The van der Waals surface area contributed by atoms with Gasteiger partial charge in [-0.05, 0) is 19.1 Å². The third-order valence-electron chi connectivity index (χ3n) is 1.50. The number of carbonyl (C=O) groups is 1. The van der Waals surface area contributed by atoms with Crippen LogP contribution >= 0.6 is 23.2 Å². The Hall–Kier alpha value is -0.800. The van der Waals surface area contributed by atoms with Crippen LogP contribution in [0.25, 0.3) is 0 Å². The molecule has 0 aliphatic heterocycles. The SMILES string of the molecule is CCOC(=O)Cc1nc(Cl)ccc1Cl. The van der Waals surface area contributed by atoms with Gasteiger partial charge in [-0.1, -0.05) is 23.2 Å². The minimum atomic E-state index is -0.357.